The van der Waals surface area contributed by atoms with Crippen molar-refractivity contribution >= 4 is 5.97 Å². The highest BCUT2D eigenvalue weighted by Crippen LogP contribution is 2.03. The first-order valence-electron chi connectivity index (χ1n) is 4.93. The highest BCUT2D eigenvalue weighted by Gasteiger charge is 2.07. The number of hydroxylamine groups is 1. The van der Waals surface area contributed by atoms with E-state index in [1.54, 1.807) is 6.92 Å². The van der Waals surface area contributed by atoms with Crippen LogP contribution < -0.4 is 5.48 Å². The molecule has 82 valence electrons. The molecule has 14 heavy (non-hydrogen) atoms. The molecule has 1 atom stereocenters. The second-order valence-corrected chi connectivity index (χ2v) is 3.18. The summed E-state index contributed by atoms with van der Waals surface area (Å²) in [6.07, 6.45) is 4.63. The minimum absolute atomic E-state index is 0.0317. The summed E-state index contributed by atoms with van der Waals surface area (Å²) >= 11 is 0. The smallest absolute Gasteiger partial charge is 0.353 e. The van der Waals surface area contributed by atoms with Crippen molar-refractivity contribution in [3.63, 3.8) is 0 Å². The second-order valence-electron chi connectivity index (χ2n) is 3.18. The van der Waals surface area contributed by atoms with Crippen molar-refractivity contribution in [3.8, 4) is 0 Å². The summed E-state index contributed by atoms with van der Waals surface area (Å²) in [5, 5.41) is 8.65. The molecular weight excluding hydrogens is 182 g/mol. The Morgan fingerprint density at radius 2 is 2.29 bits per heavy atom. The number of hydrogen-bond acceptors (Lipinski definition) is 3. The van der Waals surface area contributed by atoms with E-state index in [0.717, 1.165) is 19.3 Å². The van der Waals surface area contributed by atoms with Crippen LogP contribution in [0.25, 0.3) is 0 Å². The van der Waals surface area contributed by atoms with Crippen LogP contribution in [0, 0.1) is 0 Å². The third-order valence-corrected chi connectivity index (χ3v) is 1.85. The first-order chi connectivity index (χ1) is 6.61. The second kappa shape index (κ2) is 7.38. The monoisotopic (exact) mass is 201 g/mol. The molecule has 2 N–H and O–H groups in total. The van der Waals surface area contributed by atoms with Gasteiger partial charge in [0.1, 0.15) is 5.70 Å². The van der Waals surface area contributed by atoms with Gasteiger partial charge in [0.15, 0.2) is 0 Å². The van der Waals surface area contributed by atoms with Gasteiger partial charge in [0, 0.05) is 0 Å². The van der Waals surface area contributed by atoms with Crippen molar-refractivity contribution in [1.82, 2.24) is 5.48 Å². The van der Waals surface area contributed by atoms with E-state index in [1.807, 2.05) is 6.92 Å². The highest BCUT2D eigenvalue weighted by atomic mass is 16.7. The van der Waals surface area contributed by atoms with Gasteiger partial charge in [0.05, 0.1) is 6.10 Å². The van der Waals surface area contributed by atoms with Crippen molar-refractivity contribution in [1.29, 1.82) is 0 Å². The standard InChI is InChI=1S/C10H19NO3/c1-4-6-7-8(3)14-11-9(5-2)10(12)13/h5,8,11H,4,6-7H2,1-3H3,(H,12,13). The molecule has 0 rings (SSSR count). The first-order valence-corrected chi connectivity index (χ1v) is 4.93. The van der Waals surface area contributed by atoms with Gasteiger partial charge in [-0.05, 0) is 20.3 Å². The van der Waals surface area contributed by atoms with E-state index in [2.05, 4.69) is 12.4 Å². The molecule has 0 saturated carbocycles. The van der Waals surface area contributed by atoms with E-state index >= 15 is 0 Å². The topological polar surface area (TPSA) is 58.6 Å². The molecule has 0 aromatic carbocycles. The molecule has 0 aromatic heterocycles. The van der Waals surface area contributed by atoms with Gasteiger partial charge in [-0.15, -0.1) is 0 Å². The Balaban J connectivity index is 3.75. The molecule has 0 amide bonds. The molecular formula is C10H19NO3. The summed E-state index contributed by atoms with van der Waals surface area (Å²) in [7, 11) is 0. The molecule has 0 fully saturated rings. The molecule has 0 aliphatic carbocycles. The average Bonchev–Trinajstić information content (AvgIpc) is 2.15. The van der Waals surface area contributed by atoms with Gasteiger partial charge in [-0.1, -0.05) is 25.8 Å². The lowest BCUT2D eigenvalue weighted by Crippen LogP contribution is -2.25. The van der Waals surface area contributed by atoms with Gasteiger partial charge in [-0.25, -0.2) is 4.79 Å². The van der Waals surface area contributed by atoms with Crippen molar-refractivity contribution < 1.29 is 14.7 Å². The summed E-state index contributed by atoms with van der Waals surface area (Å²) in [6.45, 7) is 5.67. The Morgan fingerprint density at radius 3 is 2.71 bits per heavy atom. The van der Waals surface area contributed by atoms with Crippen LogP contribution in [0.1, 0.15) is 40.0 Å². The van der Waals surface area contributed by atoms with E-state index in [-0.39, 0.29) is 11.8 Å². The molecule has 4 heteroatoms. The predicted molar refractivity (Wildman–Crippen MR) is 54.6 cm³/mol. The molecule has 0 spiro atoms. The SMILES string of the molecule is CC=C(NOC(C)CCCC)C(=O)O. The molecule has 0 saturated heterocycles. The summed E-state index contributed by atoms with van der Waals surface area (Å²) in [5.41, 5.74) is 2.52. The Labute approximate surface area is 84.9 Å². The zero-order valence-corrected chi connectivity index (χ0v) is 9.04. The number of unbranched alkanes of at least 4 members (excludes halogenated alkanes) is 1. The summed E-state index contributed by atoms with van der Waals surface area (Å²) < 4.78 is 0. The summed E-state index contributed by atoms with van der Waals surface area (Å²) in [5.74, 6) is -1.00. The van der Waals surface area contributed by atoms with Gasteiger partial charge in [-0.3, -0.25) is 10.3 Å². The van der Waals surface area contributed by atoms with Crippen LogP contribution in [0.3, 0.4) is 0 Å². The maximum Gasteiger partial charge on any atom is 0.353 e. The molecule has 0 radical (unpaired) electrons. The molecule has 0 bridgehead atoms. The number of aliphatic carboxylic acids is 1. The van der Waals surface area contributed by atoms with Crippen LogP contribution in [0.4, 0.5) is 0 Å². The fourth-order valence-electron chi connectivity index (χ4n) is 0.941. The fourth-order valence-corrected chi connectivity index (χ4v) is 0.941. The van der Waals surface area contributed by atoms with Crippen molar-refractivity contribution in [2.45, 2.75) is 46.1 Å². The average molecular weight is 201 g/mol. The third kappa shape index (κ3) is 5.59. The number of rotatable bonds is 7. The minimum atomic E-state index is -1.00. The normalized spacial score (nSPS) is 13.8. The zero-order chi connectivity index (χ0) is 11.0. The Morgan fingerprint density at radius 1 is 1.64 bits per heavy atom. The van der Waals surface area contributed by atoms with Crippen LogP contribution in [0.5, 0.6) is 0 Å². The molecule has 0 aliphatic heterocycles. The maximum atomic E-state index is 10.5. The van der Waals surface area contributed by atoms with Crippen molar-refractivity contribution in [2.75, 3.05) is 0 Å². The lowest BCUT2D eigenvalue weighted by atomic mass is 10.2. The molecule has 0 heterocycles. The lowest BCUT2D eigenvalue weighted by Gasteiger charge is -2.13. The Kier molecular flexibility index (Phi) is 6.84. The Bertz CT molecular complexity index is 202. The van der Waals surface area contributed by atoms with Gasteiger partial charge in [-0.2, -0.15) is 0 Å². The summed E-state index contributed by atoms with van der Waals surface area (Å²) in [4.78, 5) is 15.7. The van der Waals surface area contributed by atoms with Gasteiger partial charge in [0.2, 0.25) is 0 Å². The van der Waals surface area contributed by atoms with Gasteiger partial charge < -0.3 is 5.11 Å². The largest absolute Gasteiger partial charge is 0.477 e. The molecule has 4 nitrogen and oxygen atoms in total. The van der Waals surface area contributed by atoms with Crippen LogP contribution in [-0.4, -0.2) is 17.2 Å². The molecule has 0 aliphatic rings. The fraction of sp³-hybridized carbons (Fsp3) is 0.700. The van der Waals surface area contributed by atoms with Gasteiger partial charge >= 0.3 is 5.97 Å². The predicted octanol–water partition coefficient (Wildman–Crippen LogP) is 2.07. The van der Waals surface area contributed by atoms with Crippen molar-refractivity contribution in [3.05, 3.63) is 11.8 Å². The Hall–Kier alpha value is -1.03. The van der Waals surface area contributed by atoms with Crippen molar-refractivity contribution in [2.24, 2.45) is 0 Å². The number of hydrogen-bond donors (Lipinski definition) is 2. The number of carboxylic acids is 1. The maximum absolute atomic E-state index is 10.5. The van der Waals surface area contributed by atoms with E-state index in [1.165, 1.54) is 6.08 Å². The molecule has 1 unspecified atom stereocenters. The van der Waals surface area contributed by atoms with Crippen LogP contribution in [0.2, 0.25) is 0 Å². The quantitative estimate of drug-likeness (QED) is 0.489. The van der Waals surface area contributed by atoms with E-state index in [0.29, 0.717) is 0 Å². The van der Waals surface area contributed by atoms with Crippen LogP contribution >= 0.6 is 0 Å². The zero-order valence-electron chi connectivity index (χ0n) is 9.04. The van der Waals surface area contributed by atoms with Crippen LogP contribution in [-0.2, 0) is 9.63 Å². The minimum Gasteiger partial charge on any atom is -0.477 e. The first kappa shape index (κ1) is 13.0. The third-order valence-electron chi connectivity index (χ3n) is 1.85. The number of carboxylic acid groups (broad SMARTS) is 1. The molecule has 0 aromatic rings. The lowest BCUT2D eigenvalue weighted by molar-refractivity contribution is -0.135. The van der Waals surface area contributed by atoms with E-state index < -0.39 is 5.97 Å². The highest BCUT2D eigenvalue weighted by molar-refractivity contribution is 5.85. The summed E-state index contributed by atoms with van der Waals surface area (Å²) in [6, 6.07) is 0. The van der Waals surface area contributed by atoms with Gasteiger partial charge in [0.25, 0.3) is 0 Å². The number of nitrogens with one attached hydrogen (secondary N) is 1. The van der Waals surface area contributed by atoms with E-state index in [9.17, 15) is 4.79 Å². The number of allylic oxidation sites excluding steroid dienone is 1. The van der Waals surface area contributed by atoms with Crippen LogP contribution in [0.15, 0.2) is 11.8 Å². The number of carbonyl (C=O) groups is 1. The van der Waals surface area contributed by atoms with E-state index in [4.69, 9.17) is 9.94 Å².